The Morgan fingerprint density at radius 1 is 1.06 bits per heavy atom. The fraction of sp³-hybridized carbons (Fsp3) is 0.0769. The minimum atomic E-state index is -0.538. The Hall–Kier alpha value is -0.960. The summed E-state index contributed by atoms with van der Waals surface area (Å²) in [6.07, 6.45) is 0. The van der Waals surface area contributed by atoms with Gasteiger partial charge < -0.3 is 4.74 Å². The third-order valence-electron chi connectivity index (χ3n) is 2.29. The van der Waals surface area contributed by atoms with Crippen LogP contribution in [0.1, 0.15) is 5.56 Å². The fourth-order valence-corrected chi connectivity index (χ4v) is 1.90. The maximum absolute atomic E-state index is 13.3. The van der Waals surface area contributed by atoms with Crippen molar-refractivity contribution in [2.75, 3.05) is 0 Å². The molecule has 0 saturated carbocycles. The van der Waals surface area contributed by atoms with E-state index in [-0.39, 0.29) is 10.9 Å². The van der Waals surface area contributed by atoms with E-state index in [1.165, 1.54) is 12.1 Å². The van der Waals surface area contributed by atoms with Gasteiger partial charge in [0.1, 0.15) is 17.3 Å². The average molecular weight is 306 g/mol. The van der Waals surface area contributed by atoms with Gasteiger partial charge in [-0.05, 0) is 24.3 Å². The van der Waals surface area contributed by atoms with Gasteiger partial charge in [-0.25, -0.2) is 4.39 Å². The first-order valence-corrected chi connectivity index (χ1v) is 6.36. The molecule has 0 aliphatic heterocycles. The van der Waals surface area contributed by atoms with E-state index in [1.807, 2.05) is 0 Å². The molecule has 2 rings (SSSR count). The van der Waals surface area contributed by atoms with Gasteiger partial charge >= 0.3 is 0 Å². The first kappa shape index (κ1) is 13.5. The Bertz CT molecular complexity index is 572. The number of hydrogen-bond donors (Lipinski definition) is 0. The van der Waals surface area contributed by atoms with Gasteiger partial charge in [0.05, 0.1) is 10.9 Å². The van der Waals surface area contributed by atoms with Gasteiger partial charge in [0.2, 0.25) is 0 Å². The highest BCUT2D eigenvalue weighted by molar-refractivity contribution is 6.31. The molecule has 5 heteroatoms. The summed E-state index contributed by atoms with van der Waals surface area (Å²) in [7, 11) is 0. The molecule has 18 heavy (non-hydrogen) atoms. The van der Waals surface area contributed by atoms with Crippen LogP contribution >= 0.6 is 34.8 Å². The van der Waals surface area contributed by atoms with E-state index in [1.54, 1.807) is 24.3 Å². The largest absolute Gasteiger partial charge is 0.457 e. The topological polar surface area (TPSA) is 9.23 Å². The molecular weight excluding hydrogens is 297 g/mol. The third-order valence-corrected chi connectivity index (χ3v) is 3.12. The summed E-state index contributed by atoms with van der Waals surface area (Å²) in [4.78, 5) is 0. The highest BCUT2D eigenvalue weighted by atomic mass is 35.5. The molecule has 0 bridgehead atoms. The first-order valence-electron chi connectivity index (χ1n) is 5.07. The van der Waals surface area contributed by atoms with E-state index in [9.17, 15) is 4.39 Å². The van der Waals surface area contributed by atoms with E-state index < -0.39 is 5.82 Å². The molecule has 2 aromatic carbocycles. The molecule has 0 spiro atoms. The lowest BCUT2D eigenvalue weighted by Gasteiger charge is -2.10. The fourth-order valence-electron chi connectivity index (χ4n) is 1.40. The average Bonchev–Trinajstić information content (AvgIpc) is 2.34. The van der Waals surface area contributed by atoms with Crippen LogP contribution in [0.15, 0.2) is 36.4 Å². The Kier molecular flexibility index (Phi) is 4.33. The second-order valence-corrected chi connectivity index (χ2v) is 4.67. The van der Waals surface area contributed by atoms with Crippen molar-refractivity contribution in [3.05, 3.63) is 57.8 Å². The molecule has 2 aromatic rings. The molecule has 0 aliphatic rings. The zero-order valence-corrected chi connectivity index (χ0v) is 11.4. The zero-order chi connectivity index (χ0) is 13.1. The van der Waals surface area contributed by atoms with Crippen LogP contribution < -0.4 is 4.74 Å². The molecule has 0 aliphatic carbocycles. The van der Waals surface area contributed by atoms with Gasteiger partial charge in [-0.15, -0.1) is 11.6 Å². The van der Waals surface area contributed by atoms with Crippen LogP contribution in [0.4, 0.5) is 4.39 Å². The Labute approximate surface area is 119 Å². The summed E-state index contributed by atoms with van der Waals surface area (Å²) in [5, 5.41) is 0.569. The lowest BCUT2D eigenvalue weighted by molar-refractivity contribution is 0.473. The summed E-state index contributed by atoms with van der Waals surface area (Å²) in [6, 6.07) is 9.32. The minimum absolute atomic E-state index is 0.0472. The third kappa shape index (κ3) is 3.08. The van der Waals surface area contributed by atoms with Crippen LogP contribution in [0.3, 0.4) is 0 Å². The van der Waals surface area contributed by atoms with Crippen molar-refractivity contribution in [3.63, 3.8) is 0 Å². The molecule has 0 radical (unpaired) electrons. The van der Waals surface area contributed by atoms with Crippen molar-refractivity contribution in [1.82, 2.24) is 0 Å². The lowest BCUT2D eigenvalue weighted by Crippen LogP contribution is -1.90. The molecule has 0 heterocycles. The number of benzene rings is 2. The quantitative estimate of drug-likeness (QED) is 0.664. The number of ether oxygens (including phenoxy) is 1. The molecule has 0 fully saturated rings. The van der Waals surface area contributed by atoms with Gasteiger partial charge in [0.25, 0.3) is 0 Å². The number of alkyl halides is 1. The lowest BCUT2D eigenvalue weighted by atomic mass is 10.2. The van der Waals surface area contributed by atoms with E-state index in [2.05, 4.69) is 0 Å². The Balaban J connectivity index is 2.33. The van der Waals surface area contributed by atoms with Gasteiger partial charge in [-0.1, -0.05) is 29.3 Å². The molecule has 0 saturated heterocycles. The normalized spacial score (nSPS) is 10.4. The maximum Gasteiger partial charge on any atom is 0.145 e. The highest BCUT2D eigenvalue weighted by Crippen LogP contribution is 2.31. The van der Waals surface area contributed by atoms with Crippen LogP contribution in [0.25, 0.3) is 0 Å². The SMILES string of the molecule is Fc1cc(Oc2cc(Cl)ccc2CCl)ccc1Cl. The number of hydrogen-bond acceptors (Lipinski definition) is 1. The van der Waals surface area contributed by atoms with E-state index in [4.69, 9.17) is 39.5 Å². The van der Waals surface area contributed by atoms with E-state index in [0.29, 0.717) is 16.5 Å². The van der Waals surface area contributed by atoms with Crippen molar-refractivity contribution >= 4 is 34.8 Å². The van der Waals surface area contributed by atoms with Crippen LogP contribution in [-0.2, 0) is 5.88 Å². The standard InChI is InChI=1S/C13H8Cl3FO/c14-7-8-1-2-9(15)5-13(8)18-10-3-4-11(16)12(17)6-10/h1-6H,7H2. The second-order valence-electron chi connectivity index (χ2n) is 3.56. The number of rotatable bonds is 3. The van der Waals surface area contributed by atoms with E-state index in [0.717, 1.165) is 5.56 Å². The van der Waals surface area contributed by atoms with Crippen molar-refractivity contribution in [3.8, 4) is 11.5 Å². The van der Waals surface area contributed by atoms with Crippen molar-refractivity contribution in [2.45, 2.75) is 5.88 Å². The van der Waals surface area contributed by atoms with E-state index >= 15 is 0 Å². The molecule has 0 N–H and O–H groups in total. The summed E-state index contributed by atoms with van der Waals surface area (Å²) in [6.45, 7) is 0. The molecule has 1 nitrogen and oxygen atoms in total. The van der Waals surface area contributed by atoms with Crippen LogP contribution in [0.2, 0.25) is 10.0 Å². The van der Waals surface area contributed by atoms with Gasteiger partial charge in [0, 0.05) is 16.7 Å². The van der Waals surface area contributed by atoms with Crippen LogP contribution in [-0.4, -0.2) is 0 Å². The molecule has 0 aromatic heterocycles. The predicted molar refractivity (Wildman–Crippen MR) is 72.5 cm³/mol. The Morgan fingerprint density at radius 3 is 2.50 bits per heavy atom. The predicted octanol–water partition coefficient (Wildman–Crippen LogP) is 5.66. The molecular formula is C13H8Cl3FO. The van der Waals surface area contributed by atoms with Gasteiger partial charge in [-0.2, -0.15) is 0 Å². The van der Waals surface area contributed by atoms with Gasteiger partial charge in [-0.3, -0.25) is 0 Å². The van der Waals surface area contributed by atoms with Crippen molar-refractivity contribution in [1.29, 1.82) is 0 Å². The van der Waals surface area contributed by atoms with Crippen molar-refractivity contribution < 1.29 is 9.13 Å². The first-order chi connectivity index (χ1) is 8.60. The second kappa shape index (κ2) is 5.79. The summed E-state index contributed by atoms with van der Waals surface area (Å²) < 4.78 is 18.8. The monoisotopic (exact) mass is 304 g/mol. The summed E-state index contributed by atoms with van der Waals surface area (Å²) >= 11 is 17.3. The van der Waals surface area contributed by atoms with Gasteiger partial charge in [0.15, 0.2) is 0 Å². The van der Waals surface area contributed by atoms with Crippen LogP contribution in [0.5, 0.6) is 11.5 Å². The highest BCUT2D eigenvalue weighted by Gasteiger charge is 2.07. The zero-order valence-electron chi connectivity index (χ0n) is 9.09. The minimum Gasteiger partial charge on any atom is -0.457 e. The van der Waals surface area contributed by atoms with Crippen molar-refractivity contribution in [2.24, 2.45) is 0 Å². The number of halogens is 4. The summed E-state index contributed by atoms with van der Waals surface area (Å²) in [5.41, 5.74) is 0.774. The molecule has 0 unspecified atom stereocenters. The van der Waals surface area contributed by atoms with Crippen LogP contribution in [0, 0.1) is 5.82 Å². The maximum atomic E-state index is 13.3. The Morgan fingerprint density at radius 2 is 1.83 bits per heavy atom. The molecule has 0 amide bonds. The molecule has 0 atom stereocenters. The summed E-state index contributed by atoms with van der Waals surface area (Å²) in [5.74, 6) is 0.580. The molecule has 94 valence electrons. The smallest absolute Gasteiger partial charge is 0.145 e.